The molecule has 3 aromatic rings. The second-order valence-electron chi connectivity index (χ2n) is 8.66. The van der Waals surface area contributed by atoms with Crippen molar-refractivity contribution in [3.63, 3.8) is 0 Å². The number of aromatic nitrogens is 1. The molecule has 1 unspecified atom stereocenters. The molecule has 0 amide bonds. The van der Waals surface area contributed by atoms with E-state index in [0.29, 0.717) is 43.1 Å². The highest BCUT2D eigenvalue weighted by Gasteiger charge is 2.31. The van der Waals surface area contributed by atoms with Gasteiger partial charge in [0.25, 0.3) is 5.56 Å². The van der Waals surface area contributed by atoms with Gasteiger partial charge in [0, 0.05) is 60.6 Å². The molecule has 184 valence electrons. The van der Waals surface area contributed by atoms with Gasteiger partial charge >= 0.3 is 0 Å². The number of hydrogen-bond donors (Lipinski definition) is 0. The van der Waals surface area contributed by atoms with Crippen LogP contribution in [0.2, 0.25) is 0 Å². The Bertz CT molecular complexity index is 1360. The monoisotopic (exact) mass is 505 g/mol. The molecule has 1 saturated heterocycles. The maximum atomic E-state index is 12.9. The molecular weight excluding hydrogens is 474 g/mol. The quantitative estimate of drug-likeness (QED) is 0.491. The normalized spacial score (nSPS) is 17.9. The number of sulfonamides is 1. The van der Waals surface area contributed by atoms with Gasteiger partial charge in [0.05, 0.1) is 25.9 Å². The van der Waals surface area contributed by atoms with Crippen molar-refractivity contribution < 1.29 is 17.9 Å². The Kier molecular flexibility index (Phi) is 7.04. The molecule has 0 spiro atoms. The van der Waals surface area contributed by atoms with Crippen molar-refractivity contribution in [2.75, 3.05) is 40.1 Å². The number of nitrogens with zero attached hydrogens (tertiary/aromatic N) is 3. The maximum absolute atomic E-state index is 12.9. The van der Waals surface area contributed by atoms with E-state index in [-0.39, 0.29) is 11.6 Å². The second kappa shape index (κ2) is 9.69. The summed E-state index contributed by atoms with van der Waals surface area (Å²) >= 11 is 1.61. The highest BCUT2D eigenvalue weighted by Crippen LogP contribution is 2.38. The smallest absolute Gasteiger partial charge is 0.259 e. The third kappa shape index (κ3) is 4.72. The minimum Gasteiger partial charge on any atom is -0.493 e. The molecule has 1 fully saturated rings. The van der Waals surface area contributed by atoms with Gasteiger partial charge in [-0.25, -0.2) is 8.42 Å². The molecule has 4 rings (SSSR count). The van der Waals surface area contributed by atoms with Crippen LogP contribution >= 0.6 is 11.3 Å². The lowest BCUT2D eigenvalue weighted by atomic mass is 10.1. The molecule has 3 heterocycles. The fraction of sp³-hybridized carbons (Fsp3) is 0.458. The Morgan fingerprint density at radius 3 is 2.50 bits per heavy atom. The molecule has 0 radical (unpaired) electrons. The minimum absolute atomic E-state index is 0.0324. The standard InChI is InChI=1S/C24H31N3O5S2/c1-6-17-13-26(9-10-27(17)34(5,29)30)14-18-12-19-23(33-18)20(15-25(2)24(19)28)16-7-8-21(31-3)22(11-16)32-4/h7-8,11-12,15,17H,6,9-10,13-14H2,1-5H3. The summed E-state index contributed by atoms with van der Waals surface area (Å²) in [5.41, 5.74) is 1.87. The van der Waals surface area contributed by atoms with E-state index in [9.17, 15) is 13.2 Å². The number of thiophene rings is 1. The molecule has 8 nitrogen and oxygen atoms in total. The minimum atomic E-state index is -3.22. The van der Waals surface area contributed by atoms with Crippen molar-refractivity contribution in [3.05, 3.63) is 45.7 Å². The number of hydrogen-bond acceptors (Lipinski definition) is 7. The van der Waals surface area contributed by atoms with Gasteiger partial charge in [-0.2, -0.15) is 4.31 Å². The van der Waals surface area contributed by atoms with Crippen molar-refractivity contribution in [1.29, 1.82) is 0 Å². The summed E-state index contributed by atoms with van der Waals surface area (Å²) in [6.07, 6.45) is 3.91. The average Bonchev–Trinajstić information content (AvgIpc) is 3.24. The first-order valence-electron chi connectivity index (χ1n) is 11.2. The van der Waals surface area contributed by atoms with Gasteiger partial charge in [-0.3, -0.25) is 9.69 Å². The van der Waals surface area contributed by atoms with Crippen LogP contribution in [0.15, 0.2) is 35.3 Å². The van der Waals surface area contributed by atoms with Gasteiger partial charge in [0.1, 0.15) is 0 Å². The van der Waals surface area contributed by atoms with Crippen LogP contribution in [0.3, 0.4) is 0 Å². The highest BCUT2D eigenvalue weighted by molar-refractivity contribution is 7.88. The van der Waals surface area contributed by atoms with E-state index in [1.165, 1.54) is 6.26 Å². The number of aryl methyl sites for hydroxylation is 1. The SMILES string of the molecule is CCC1CN(Cc2cc3c(=O)n(C)cc(-c4ccc(OC)c(OC)c4)c3s2)CCN1S(C)(=O)=O. The molecule has 0 bridgehead atoms. The van der Waals surface area contributed by atoms with Crippen molar-refractivity contribution in [1.82, 2.24) is 13.8 Å². The zero-order valence-electron chi connectivity index (χ0n) is 20.2. The van der Waals surface area contributed by atoms with E-state index in [2.05, 4.69) is 4.90 Å². The van der Waals surface area contributed by atoms with Crippen molar-refractivity contribution in [2.45, 2.75) is 25.9 Å². The van der Waals surface area contributed by atoms with Crippen LogP contribution in [-0.2, 0) is 23.6 Å². The van der Waals surface area contributed by atoms with Crippen molar-refractivity contribution >= 4 is 31.4 Å². The summed E-state index contributed by atoms with van der Waals surface area (Å²) in [4.78, 5) is 16.3. The Hall–Kier alpha value is -2.40. The Morgan fingerprint density at radius 2 is 1.85 bits per heavy atom. The first-order valence-corrected chi connectivity index (χ1v) is 13.9. The number of rotatable bonds is 7. The number of pyridine rings is 1. The Labute approximate surface area is 204 Å². The average molecular weight is 506 g/mol. The zero-order valence-corrected chi connectivity index (χ0v) is 21.8. The molecule has 2 aromatic heterocycles. The summed E-state index contributed by atoms with van der Waals surface area (Å²) in [6.45, 7) is 4.53. The van der Waals surface area contributed by atoms with Gasteiger partial charge in [0.2, 0.25) is 10.0 Å². The van der Waals surface area contributed by atoms with E-state index in [4.69, 9.17) is 9.47 Å². The highest BCUT2D eigenvalue weighted by atomic mass is 32.2. The number of fused-ring (bicyclic) bond motifs is 1. The molecular formula is C24H31N3O5S2. The summed E-state index contributed by atoms with van der Waals surface area (Å²) in [5.74, 6) is 1.28. The van der Waals surface area contributed by atoms with Crippen LogP contribution in [0.4, 0.5) is 0 Å². The first kappa shape index (κ1) is 24.7. The molecule has 10 heteroatoms. The van der Waals surface area contributed by atoms with E-state index in [0.717, 1.165) is 27.1 Å². The van der Waals surface area contributed by atoms with Gasteiger partial charge in [0.15, 0.2) is 11.5 Å². The van der Waals surface area contributed by atoms with Crippen LogP contribution in [0.1, 0.15) is 18.2 Å². The summed E-state index contributed by atoms with van der Waals surface area (Å²) in [6, 6.07) is 7.71. The number of benzene rings is 1. The Balaban J connectivity index is 1.68. The fourth-order valence-electron chi connectivity index (χ4n) is 4.63. The first-order chi connectivity index (χ1) is 16.2. The second-order valence-corrected chi connectivity index (χ2v) is 11.7. The van der Waals surface area contributed by atoms with E-state index >= 15 is 0 Å². The maximum Gasteiger partial charge on any atom is 0.259 e. The molecule has 1 aliphatic rings. The van der Waals surface area contributed by atoms with Gasteiger partial charge in [-0.05, 0) is 30.2 Å². The molecule has 1 aromatic carbocycles. The molecule has 34 heavy (non-hydrogen) atoms. The third-order valence-corrected chi connectivity index (χ3v) is 8.87. The Morgan fingerprint density at radius 1 is 1.12 bits per heavy atom. The molecule has 0 aliphatic carbocycles. The molecule has 0 saturated carbocycles. The predicted molar refractivity (Wildman–Crippen MR) is 137 cm³/mol. The summed E-state index contributed by atoms with van der Waals surface area (Å²) in [7, 11) is 1.76. The lowest BCUT2D eigenvalue weighted by molar-refractivity contribution is 0.128. The van der Waals surface area contributed by atoms with Gasteiger partial charge in [-0.15, -0.1) is 11.3 Å². The van der Waals surface area contributed by atoms with E-state index in [1.54, 1.807) is 41.5 Å². The van der Waals surface area contributed by atoms with Crippen LogP contribution in [-0.4, -0.2) is 68.3 Å². The largest absolute Gasteiger partial charge is 0.493 e. The van der Waals surface area contributed by atoms with Crippen LogP contribution < -0.4 is 15.0 Å². The topological polar surface area (TPSA) is 81.1 Å². The lowest BCUT2D eigenvalue weighted by Gasteiger charge is -2.39. The van der Waals surface area contributed by atoms with E-state index < -0.39 is 10.0 Å². The van der Waals surface area contributed by atoms with Crippen molar-refractivity contribution in [2.24, 2.45) is 7.05 Å². The van der Waals surface area contributed by atoms with Gasteiger partial charge < -0.3 is 14.0 Å². The van der Waals surface area contributed by atoms with Gasteiger partial charge in [-0.1, -0.05) is 13.0 Å². The van der Waals surface area contributed by atoms with E-state index in [1.807, 2.05) is 37.4 Å². The van der Waals surface area contributed by atoms with Crippen molar-refractivity contribution in [3.8, 4) is 22.6 Å². The number of piperazine rings is 1. The number of ether oxygens (including phenoxy) is 2. The van der Waals surface area contributed by atoms with Crippen LogP contribution in [0.5, 0.6) is 11.5 Å². The summed E-state index contributed by atoms with van der Waals surface area (Å²) in [5, 5.41) is 0.691. The number of methoxy groups -OCH3 is 2. The predicted octanol–water partition coefficient (Wildman–Crippen LogP) is 3.14. The molecule has 0 N–H and O–H groups in total. The summed E-state index contributed by atoms with van der Waals surface area (Å²) < 4.78 is 39.3. The third-order valence-electron chi connectivity index (χ3n) is 6.39. The fourth-order valence-corrected chi connectivity index (χ4v) is 7.02. The van der Waals surface area contributed by atoms with Crippen LogP contribution in [0, 0.1) is 0 Å². The molecule has 1 aliphatic heterocycles. The molecule has 1 atom stereocenters. The van der Waals surface area contributed by atoms with Crippen LogP contribution in [0.25, 0.3) is 21.2 Å². The lowest BCUT2D eigenvalue weighted by Crippen LogP contribution is -2.54. The zero-order chi connectivity index (χ0) is 24.6.